The van der Waals surface area contributed by atoms with Gasteiger partial charge in [0, 0.05) is 18.5 Å². The monoisotopic (exact) mass is 323 g/mol. The lowest BCUT2D eigenvalue weighted by Crippen LogP contribution is -2.18. The number of amides is 1. The standard InChI is InChI=1S/C17H13N3O4/c1-23-13-4-5-14-15(7-13)24-10-12(16(14)21)9-19-20-17(22)11-3-2-6-18-8-11/h2-10H,1H3,(H,20,22)/b19-9+. The molecule has 3 aromatic rings. The van der Waals surface area contributed by atoms with E-state index in [2.05, 4.69) is 15.5 Å². The number of benzene rings is 1. The summed E-state index contributed by atoms with van der Waals surface area (Å²) in [5, 5.41) is 4.18. The number of carbonyl (C=O) groups excluding carboxylic acids is 1. The molecule has 0 bridgehead atoms. The van der Waals surface area contributed by atoms with Gasteiger partial charge in [-0.15, -0.1) is 0 Å². The summed E-state index contributed by atoms with van der Waals surface area (Å²) in [6, 6.07) is 8.16. The molecule has 0 aliphatic rings. The highest BCUT2D eigenvalue weighted by Gasteiger charge is 2.07. The molecule has 0 saturated heterocycles. The van der Waals surface area contributed by atoms with Gasteiger partial charge in [0.05, 0.1) is 29.8 Å². The third-order valence-electron chi connectivity index (χ3n) is 3.30. The fourth-order valence-electron chi connectivity index (χ4n) is 2.06. The molecule has 0 saturated carbocycles. The van der Waals surface area contributed by atoms with Crippen molar-refractivity contribution < 1.29 is 13.9 Å². The number of hydrogen-bond acceptors (Lipinski definition) is 6. The zero-order valence-corrected chi connectivity index (χ0v) is 12.7. The van der Waals surface area contributed by atoms with Crippen molar-refractivity contribution in [2.75, 3.05) is 7.11 Å². The van der Waals surface area contributed by atoms with E-state index in [0.717, 1.165) is 0 Å². The lowest BCUT2D eigenvalue weighted by molar-refractivity contribution is 0.0955. The van der Waals surface area contributed by atoms with E-state index in [1.165, 1.54) is 25.8 Å². The number of fused-ring (bicyclic) bond motifs is 1. The summed E-state index contributed by atoms with van der Waals surface area (Å²) in [5.74, 6) is 0.171. The Morgan fingerprint density at radius 3 is 3.00 bits per heavy atom. The van der Waals surface area contributed by atoms with Crippen LogP contribution < -0.4 is 15.6 Å². The lowest BCUT2D eigenvalue weighted by Gasteiger charge is -2.02. The molecule has 24 heavy (non-hydrogen) atoms. The molecule has 0 atom stereocenters. The highest BCUT2D eigenvalue weighted by molar-refractivity contribution is 5.94. The molecule has 120 valence electrons. The predicted molar refractivity (Wildman–Crippen MR) is 88.3 cm³/mol. The van der Waals surface area contributed by atoms with Crippen LogP contribution in [0.5, 0.6) is 5.75 Å². The Bertz CT molecular complexity index is 964. The topological polar surface area (TPSA) is 93.8 Å². The van der Waals surface area contributed by atoms with Gasteiger partial charge in [-0.3, -0.25) is 14.6 Å². The van der Waals surface area contributed by atoms with Crippen LogP contribution in [0, 0.1) is 0 Å². The predicted octanol–water partition coefficient (Wildman–Crippen LogP) is 1.96. The van der Waals surface area contributed by atoms with Crippen molar-refractivity contribution in [2.24, 2.45) is 5.10 Å². The number of aromatic nitrogens is 1. The van der Waals surface area contributed by atoms with E-state index in [9.17, 15) is 9.59 Å². The van der Waals surface area contributed by atoms with Gasteiger partial charge in [-0.2, -0.15) is 5.10 Å². The zero-order valence-electron chi connectivity index (χ0n) is 12.7. The SMILES string of the molecule is COc1ccc2c(=O)c(/C=N/NC(=O)c3cccnc3)coc2c1. The summed E-state index contributed by atoms with van der Waals surface area (Å²) in [5.41, 5.74) is 3.08. The average molecular weight is 323 g/mol. The van der Waals surface area contributed by atoms with E-state index in [0.29, 0.717) is 22.3 Å². The first-order valence-electron chi connectivity index (χ1n) is 7.02. The van der Waals surface area contributed by atoms with Crippen LogP contribution in [-0.4, -0.2) is 24.2 Å². The third kappa shape index (κ3) is 3.14. The maximum absolute atomic E-state index is 12.4. The molecule has 3 rings (SSSR count). The summed E-state index contributed by atoms with van der Waals surface area (Å²) in [4.78, 5) is 28.0. The summed E-state index contributed by atoms with van der Waals surface area (Å²) < 4.78 is 10.5. The first-order chi connectivity index (χ1) is 11.7. The second kappa shape index (κ2) is 6.74. The molecule has 0 fully saturated rings. The third-order valence-corrected chi connectivity index (χ3v) is 3.30. The van der Waals surface area contributed by atoms with Crippen molar-refractivity contribution >= 4 is 23.1 Å². The summed E-state index contributed by atoms with van der Waals surface area (Å²) >= 11 is 0. The molecule has 7 nitrogen and oxygen atoms in total. The fourth-order valence-corrected chi connectivity index (χ4v) is 2.06. The molecule has 2 aromatic heterocycles. The van der Waals surface area contributed by atoms with E-state index in [1.54, 1.807) is 36.5 Å². The molecular formula is C17H13N3O4. The van der Waals surface area contributed by atoms with E-state index in [-0.39, 0.29) is 11.0 Å². The number of carbonyl (C=O) groups is 1. The summed E-state index contributed by atoms with van der Waals surface area (Å²) in [6.07, 6.45) is 5.51. The number of pyridine rings is 1. The summed E-state index contributed by atoms with van der Waals surface area (Å²) in [7, 11) is 1.53. The number of ether oxygens (including phenoxy) is 1. The van der Waals surface area contributed by atoms with Crippen molar-refractivity contribution in [1.82, 2.24) is 10.4 Å². The second-order valence-electron chi connectivity index (χ2n) is 4.82. The van der Waals surface area contributed by atoms with Gasteiger partial charge >= 0.3 is 0 Å². The Kier molecular flexibility index (Phi) is 4.33. The van der Waals surface area contributed by atoms with Gasteiger partial charge in [-0.05, 0) is 24.3 Å². The molecule has 1 aromatic carbocycles. The number of hydrogen-bond donors (Lipinski definition) is 1. The minimum Gasteiger partial charge on any atom is -0.497 e. The number of rotatable bonds is 4. The van der Waals surface area contributed by atoms with E-state index < -0.39 is 5.91 Å². The Hall–Kier alpha value is -3.48. The van der Waals surface area contributed by atoms with Crippen LogP contribution in [0.2, 0.25) is 0 Å². The lowest BCUT2D eigenvalue weighted by atomic mass is 10.2. The minimum absolute atomic E-state index is 0.221. The molecule has 0 aliphatic carbocycles. The molecule has 2 heterocycles. The van der Waals surface area contributed by atoms with Gasteiger partial charge in [0.1, 0.15) is 17.6 Å². The van der Waals surface area contributed by atoms with E-state index >= 15 is 0 Å². The fraction of sp³-hybridized carbons (Fsp3) is 0.0588. The van der Waals surface area contributed by atoms with Crippen molar-refractivity contribution in [3.63, 3.8) is 0 Å². The van der Waals surface area contributed by atoms with Crippen LogP contribution >= 0.6 is 0 Å². The average Bonchev–Trinajstić information content (AvgIpc) is 2.64. The first-order valence-corrected chi connectivity index (χ1v) is 7.02. The quantitative estimate of drug-likeness (QED) is 0.585. The van der Waals surface area contributed by atoms with Gasteiger partial charge in [-0.1, -0.05) is 0 Å². The Labute approximate surface area is 136 Å². The molecule has 7 heteroatoms. The van der Waals surface area contributed by atoms with Gasteiger partial charge < -0.3 is 9.15 Å². The molecule has 1 N–H and O–H groups in total. The van der Waals surface area contributed by atoms with Crippen LogP contribution in [0.4, 0.5) is 0 Å². The largest absolute Gasteiger partial charge is 0.497 e. The van der Waals surface area contributed by atoms with Crippen LogP contribution in [0.25, 0.3) is 11.0 Å². The van der Waals surface area contributed by atoms with Crippen molar-refractivity contribution in [2.45, 2.75) is 0 Å². The van der Waals surface area contributed by atoms with E-state index in [4.69, 9.17) is 9.15 Å². The van der Waals surface area contributed by atoms with Gasteiger partial charge in [0.2, 0.25) is 5.43 Å². The Morgan fingerprint density at radius 1 is 1.38 bits per heavy atom. The molecule has 0 unspecified atom stereocenters. The van der Waals surface area contributed by atoms with Gasteiger partial charge in [-0.25, -0.2) is 5.43 Å². The smallest absolute Gasteiger partial charge is 0.272 e. The van der Waals surface area contributed by atoms with Crippen LogP contribution in [-0.2, 0) is 0 Å². The van der Waals surface area contributed by atoms with Crippen LogP contribution in [0.15, 0.2) is 63.3 Å². The highest BCUT2D eigenvalue weighted by atomic mass is 16.5. The van der Waals surface area contributed by atoms with Gasteiger partial charge in [0.15, 0.2) is 0 Å². The normalized spacial score (nSPS) is 10.9. The maximum Gasteiger partial charge on any atom is 0.272 e. The van der Waals surface area contributed by atoms with Crippen molar-refractivity contribution in [3.05, 3.63) is 70.3 Å². The second-order valence-corrected chi connectivity index (χ2v) is 4.82. The highest BCUT2D eigenvalue weighted by Crippen LogP contribution is 2.18. The van der Waals surface area contributed by atoms with Gasteiger partial charge in [0.25, 0.3) is 5.91 Å². The van der Waals surface area contributed by atoms with Crippen LogP contribution in [0.1, 0.15) is 15.9 Å². The van der Waals surface area contributed by atoms with Crippen molar-refractivity contribution in [3.8, 4) is 5.75 Å². The number of hydrazone groups is 1. The molecule has 0 radical (unpaired) electrons. The first kappa shape index (κ1) is 15.4. The number of nitrogens with zero attached hydrogens (tertiary/aromatic N) is 2. The molecule has 0 spiro atoms. The Morgan fingerprint density at radius 2 is 2.25 bits per heavy atom. The zero-order chi connectivity index (χ0) is 16.9. The number of methoxy groups -OCH3 is 1. The maximum atomic E-state index is 12.4. The summed E-state index contributed by atoms with van der Waals surface area (Å²) in [6.45, 7) is 0. The molecular weight excluding hydrogens is 310 g/mol. The minimum atomic E-state index is -0.422. The molecule has 1 amide bonds. The molecule has 0 aliphatic heterocycles. The van der Waals surface area contributed by atoms with Crippen LogP contribution in [0.3, 0.4) is 0 Å². The Balaban J connectivity index is 1.81. The number of nitrogens with one attached hydrogen (secondary N) is 1. The van der Waals surface area contributed by atoms with Crippen molar-refractivity contribution in [1.29, 1.82) is 0 Å². The van der Waals surface area contributed by atoms with E-state index in [1.807, 2.05) is 0 Å².